The van der Waals surface area contributed by atoms with Gasteiger partial charge in [-0.05, 0) is 11.8 Å². The van der Waals surface area contributed by atoms with E-state index in [2.05, 4.69) is 19.2 Å². The number of carbonyl (C=O) groups excluding carboxylic acids is 2. The number of carbonyl (C=O) groups is 2. The highest BCUT2D eigenvalue weighted by molar-refractivity contribution is 5.98. The molecule has 1 aliphatic rings. The standard InChI is InChI=1S/C11H19NO2/c1-4-5-7(2)9-6-10(13)12-11(14)8(9)3/h7-9H,4-6H2,1-3H3,(H,12,13,14). The molecule has 80 valence electrons. The van der Waals surface area contributed by atoms with Crippen molar-refractivity contribution in [2.24, 2.45) is 17.8 Å². The van der Waals surface area contributed by atoms with Crippen LogP contribution < -0.4 is 5.32 Å². The zero-order valence-electron chi connectivity index (χ0n) is 9.17. The predicted molar refractivity (Wildman–Crippen MR) is 54.5 cm³/mol. The Bertz CT molecular complexity index is 237. The summed E-state index contributed by atoms with van der Waals surface area (Å²) in [6.07, 6.45) is 2.71. The van der Waals surface area contributed by atoms with Crippen molar-refractivity contribution in [1.29, 1.82) is 0 Å². The van der Waals surface area contributed by atoms with Crippen molar-refractivity contribution in [3.05, 3.63) is 0 Å². The quantitative estimate of drug-likeness (QED) is 0.700. The third-order valence-corrected chi connectivity index (χ3v) is 3.21. The van der Waals surface area contributed by atoms with Gasteiger partial charge in [0.25, 0.3) is 0 Å². The van der Waals surface area contributed by atoms with Crippen LogP contribution in [0.25, 0.3) is 0 Å². The Morgan fingerprint density at radius 1 is 1.50 bits per heavy atom. The summed E-state index contributed by atoms with van der Waals surface area (Å²) < 4.78 is 0. The van der Waals surface area contributed by atoms with Gasteiger partial charge in [0.1, 0.15) is 0 Å². The summed E-state index contributed by atoms with van der Waals surface area (Å²) in [5.74, 6) is 0.464. The lowest BCUT2D eigenvalue weighted by atomic mass is 9.76. The molecule has 14 heavy (non-hydrogen) atoms. The molecule has 3 nitrogen and oxygen atoms in total. The van der Waals surface area contributed by atoms with Crippen LogP contribution in [0, 0.1) is 17.8 Å². The largest absolute Gasteiger partial charge is 0.296 e. The SMILES string of the molecule is CCCC(C)C1CC(=O)NC(=O)C1C. The van der Waals surface area contributed by atoms with Crippen LogP contribution in [-0.2, 0) is 9.59 Å². The molecule has 1 saturated heterocycles. The lowest BCUT2D eigenvalue weighted by Gasteiger charge is -2.31. The fourth-order valence-corrected chi connectivity index (χ4v) is 2.25. The number of piperidine rings is 1. The molecule has 2 amide bonds. The Labute approximate surface area is 85.3 Å². The van der Waals surface area contributed by atoms with E-state index < -0.39 is 0 Å². The molecule has 0 aromatic carbocycles. The molecule has 1 fully saturated rings. The van der Waals surface area contributed by atoms with Gasteiger partial charge in [0.05, 0.1) is 0 Å². The fraction of sp³-hybridized carbons (Fsp3) is 0.818. The van der Waals surface area contributed by atoms with E-state index in [0.717, 1.165) is 12.8 Å². The Morgan fingerprint density at radius 3 is 2.71 bits per heavy atom. The average molecular weight is 197 g/mol. The number of amides is 2. The molecule has 1 rings (SSSR count). The van der Waals surface area contributed by atoms with Crippen LogP contribution in [0.3, 0.4) is 0 Å². The zero-order chi connectivity index (χ0) is 10.7. The van der Waals surface area contributed by atoms with Crippen molar-refractivity contribution in [2.75, 3.05) is 0 Å². The Kier molecular flexibility index (Phi) is 3.67. The van der Waals surface area contributed by atoms with Gasteiger partial charge >= 0.3 is 0 Å². The van der Waals surface area contributed by atoms with E-state index in [1.54, 1.807) is 0 Å². The van der Waals surface area contributed by atoms with E-state index in [1.807, 2.05) is 6.92 Å². The summed E-state index contributed by atoms with van der Waals surface area (Å²) in [6.45, 7) is 6.18. The minimum atomic E-state index is -0.110. The molecule has 0 bridgehead atoms. The second kappa shape index (κ2) is 4.58. The van der Waals surface area contributed by atoms with Gasteiger partial charge in [-0.3, -0.25) is 14.9 Å². The molecule has 0 aliphatic carbocycles. The molecule has 3 heteroatoms. The lowest BCUT2D eigenvalue weighted by molar-refractivity contribution is -0.139. The van der Waals surface area contributed by atoms with Crippen LogP contribution >= 0.6 is 0 Å². The van der Waals surface area contributed by atoms with Crippen molar-refractivity contribution >= 4 is 11.8 Å². The van der Waals surface area contributed by atoms with Gasteiger partial charge in [-0.1, -0.05) is 33.6 Å². The van der Waals surface area contributed by atoms with Crippen molar-refractivity contribution < 1.29 is 9.59 Å². The normalized spacial score (nSPS) is 29.9. The zero-order valence-corrected chi connectivity index (χ0v) is 9.17. The predicted octanol–water partition coefficient (Wildman–Crippen LogP) is 1.72. The monoisotopic (exact) mass is 197 g/mol. The third kappa shape index (κ3) is 2.34. The fourth-order valence-electron chi connectivity index (χ4n) is 2.25. The number of imide groups is 1. The molecule has 0 aromatic heterocycles. The summed E-state index contributed by atoms with van der Waals surface area (Å²) in [6, 6.07) is 0. The van der Waals surface area contributed by atoms with Gasteiger partial charge in [-0.25, -0.2) is 0 Å². The molecule has 1 N–H and O–H groups in total. The molecule has 1 heterocycles. The summed E-state index contributed by atoms with van der Waals surface area (Å²) in [4.78, 5) is 22.6. The number of rotatable bonds is 3. The van der Waals surface area contributed by atoms with Gasteiger partial charge in [0.15, 0.2) is 0 Å². The molecule has 3 atom stereocenters. The van der Waals surface area contributed by atoms with Gasteiger partial charge in [0, 0.05) is 12.3 Å². The molecule has 3 unspecified atom stereocenters. The molecule has 0 aromatic rings. The smallest absolute Gasteiger partial charge is 0.229 e. The van der Waals surface area contributed by atoms with E-state index in [-0.39, 0.29) is 23.7 Å². The second-order valence-electron chi connectivity index (χ2n) is 4.34. The van der Waals surface area contributed by atoms with E-state index in [4.69, 9.17) is 0 Å². The van der Waals surface area contributed by atoms with Crippen LogP contribution in [0.2, 0.25) is 0 Å². The lowest BCUT2D eigenvalue weighted by Crippen LogP contribution is -2.46. The van der Waals surface area contributed by atoms with Crippen LogP contribution in [-0.4, -0.2) is 11.8 Å². The first-order valence-electron chi connectivity index (χ1n) is 5.40. The summed E-state index contributed by atoms with van der Waals surface area (Å²) in [5.41, 5.74) is 0. The van der Waals surface area contributed by atoms with Crippen molar-refractivity contribution in [2.45, 2.75) is 40.0 Å². The van der Waals surface area contributed by atoms with E-state index >= 15 is 0 Å². The number of hydrogen-bond donors (Lipinski definition) is 1. The van der Waals surface area contributed by atoms with Gasteiger partial charge < -0.3 is 0 Å². The minimum absolute atomic E-state index is 0.0192. The maximum absolute atomic E-state index is 11.4. The topological polar surface area (TPSA) is 46.2 Å². The summed E-state index contributed by atoms with van der Waals surface area (Å²) in [7, 11) is 0. The molecular weight excluding hydrogens is 178 g/mol. The number of hydrogen-bond acceptors (Lipinski definition) is 2. The first-order chi connectivity index (χ1) is 6.56. The summed E-state index contributed by atoms with van der Waals surface area (Å²) >= 11 is 0. The van der Waals surface area contributed by atoms with Crippen LogP contribution in [0.1, 0.15) is 40.0 Å². The highest BCUT2D eigenvalue weighted by atomic mass is 16.2. The third-order valence-electron chi connectivity index (χ3n) is 3.21. The Hall–Kier alpha value is -0.860. The van der Waals surface area contributed by atoms with Crippen LogP contribution in [0.5, 0.6) is 0 Å². The van der Waals surface area contributed by atoms with Gasteiger partial charge in [-0.2, -0.15) is 0 Å². The molecule has 0 radical (unpaired) electrons. The highest BCUT2D eigenvalue weighted by Crippen LogP contribution is 2.30. The van der Waals surface area contributed by atoms with Crippen LogP contribution in [0.15, 0.2) is 0 Å². The van der Waals surface area contributed by atoms with Gasteiger partial charge in [0.2, 0.25) is 11.8 Å². The maximum atomic E-state index is 11.4. The minimum Gasteiger partial charge on any atom is -0.296 e. The first-order valence-corrected chi connectivity index (χ1v) is 5.40. The maximum Gasteiger partial charge on any atom is 0.229 e. The van der Waals surface area contributed by atoms with E-state index in [0.29, 0.717) is 12.3 Å². The Morgan fingerprint density at radius 2 is 2.14 bits per heavy atom. The Balaban J connectivity index is 2.65. The average Bonchev–Trinajstić information content (AvgIpc) is 2.11. The highest BCUT2D eigenvalue weighted by Gasteiger charge is 2.35. The first kappa shape index (κ1) is 11.2. The van der Waals surface area contributed by atoms with Crippen molar-refractivity contribution in [3.8, 4) is 0 Å². The summed E-state index contributed by atoms with van der Waals surface area (Å²) in [5, 5.41) is 2.38. The van der Waals surface area contributed by atoms with Crippen molar-refractivity contribution in [1.82, 2.24) is 5.32 Å². The molecular formula is C11H19NO2. The van der Waals surface area contributed by atoms with Crippen LogP contribution in [0.4, 0.5) is 0 Å². The molecule has 1 aliphatic heterocycles. The molecule has 0 spiro atoms. The number of nitrogens with one attached hydrogen (secondary N) is 1. The van der Waals surface area contributed by atoms with E-state index in [9.17, 15) is 9.59 Å². The van der Waals surface area contributed by atoms with Crippen molar-refractivity contribution in [3.63, 3.8) is 0 Å². The molecule has 0 saturated carbocycles. The second-order valence-corrected chi connectivity index (χ2v) is 4.34. The van der Waals surface area contributed by atoms with E-state index in [1.165, 1.54) is 0 Å². The van der Waals surface area contributed by atoms with Gasteiger partial charge in [-0.15, -0.1) is 0 Å².